The van der Waals surface area contributed by atoms with Gasteiger partial charge in [0.25, 0.3) is 0 Å². The number of nitrogens with zero attached hydrogens (tertiary/aromatic N) is 2. The lowest BCUT2D eigenvalue weighted by atomic mass is 9.91. The molecule has 0 spiro atoms. The number of fused-ring (bicyclic) bond motifs is 1. The van der Waals surface area contributed by atoms with Crippen molar-refractivity contribution >= 4 is 0 Å². The first-order valence-electron chi connectivity index (χ1n) is 8.26. The Labute approximate surface area is 123 Å². The van der Waals surface area contributed by atoms with Crippen LogP contribution in [0.3, 0.4) is 0 Å². The van der Waals surface area contributed by atoms with Crippen LogP contribution in [0.2, 0.25) is 0 Å². The molecule has 0 aromatic carbocycles. The van der Waals surface area contributed by atoms with Crippen LogP contribution in [0.5, 0.6) is 0 Å². The molecule has 3 atom stereocenters. The van der Waals surface area contributed by atoms with Crippen molar-refractivity contribution in [1.82, 2.24) is 10.2 Å². The predicted octanol–water partition coefficient (Wildman–Crippen LogP) is 2.30. The van der Waals surface area contributed by atoms with E-state index in [-0.39, 0.29) is 5.54 Å². The smallest absolute Gasteiger partial charge is 0.106 e. The van der Waals surface area contributed by atoms with E-state index in [0.717, 1.165) is 45.5 Å². The standard InChI is InChI=1S/C16H29N3O/c1-3-16(13-17,18-4-2)9-6-10-19-11-12-20-15-8-5-7-14(15)19/h14-15,18H,3-12H2,1-2H3. The molecule has 0 aromatic rings. The molecule has 2 aliphatic rings. The Balaban J connectivity index is 1.81. The Hall–Kier alpha value is -0.630. The molecule has 1 N–H and O–H groups in total. The van der Waals surface area contributed by atoms with E-state index in [1.165, 1.54) is 19.3 Å². The molecule has 1 saturated heterocycles. The van der Waals surface area contributed by atoms with Gasteiger partial charge in [0.2, 0.25) is 0 Å². The minimum atomic E-state index is -0.323. The van der Waals surface area contributed by atoms with E-state index in [4.69, 9.17) is 4.74 Å². The Bertz CT molecular complexity index is 341. The molecule has 0 amide bonds. The lowest BCUT2D eigenvalue weighted by Gasteiger charge is -2.38. The molecule has 2 fully saturated rings. The quantitative estimate of drug-likeness (QED) is 0.777. The summed E-state index contributed by atoms with van der Waals surface area (Å²) in [6.07, 6.45) is 7.22. The highest BCUT2D eigenvalue weighted by molar-refractivity contribution is 5.06. The van der Waals surface area contributed by atoms with E-state index < -0.39 is 0 Å². The van der Waals surface area contributed by atoms with Crippen LogP contribution in [0.25, 0.3) is 0 Å². The number of hydrogen-bond donors (Lipinski definition) is 1. The van der Waals surface area contributed by atoms with E-state index in [1.54, 1.807) is 0 Å². The van der Waals surface area contributed by atoms with Gasteiger partial charge in [-0.3, -0.25) is 10.2 Å². The largest absolute Gasteiger partial charge is 0.375 e. The van der Waals surface area contributed by atoms with E-state index in [2.05, 4.69) is 30.1 Å². The fraction of sp³-hybridized carbons (Fsp3) is 0.938. The molecule has 1 saturated carbocycles. The van der Waals surface area contributed by atoms with E-state index in [9.17, 15) is 5.26 Å². The number of rotatable bonds is 7. The van der Waals surface area contributed by atoms with Crippen molar-refractivity contribution in [2.24, 2.45) is 0 Å². The SMILES string of the molecule is CCNC(C#N)(CC)CCCN1CCOC2CCCC21. The van der Waals surface area contributed by atoms with Gasteiger partial charge in [0, 0.05) is 12.6 Å². The monoisotopic (exact) mass is 279 g/mol. The van der Waals surface area contributed by atoms with Gasteiger partial charge in [0.1, 0.15) is 5.54 Å². The summed E-state index contributed by atoms with van der Waals surface area (Å²) < 4.78 is 5.85. The maximum Gasteiger partial charge on any atom is 0.106 e. The van der Waals surface area contributed by atoms with Crippen LogP contribution < -0.4 is 5.32 Å². The summed E-state index contributed by atoms with van der Waals surface area (Å²) in [6, 6.07) is 3.14. The summed E-state index contributed by atoms with van der Waals surface area (Å²) in [6.45, 7) is 8.10. The Morgan fingerprint density at radius 2 is 2.25 bits per heavy atom. The molecule has 20 heavy (non-hydrogen) atoms. The average molecular weight is 279 g/mol. The molecule has 114 valence electrons. The van der Waals surface area contributed by atoms with Gasteiger partial charge >= 0.3 is 0 Å². The summed E-state index contributed by atoms with van der Waals surface area (Å²) in [5, 5.41) is 12.8. The van der Waals surface area contributed by atoms with Crippen LogP contribution in [0, 0.1) is 11.3 Å². The van der Waals surface area contributed by atoms with Gasteiger partial charge in [0.05, 0.1) is 18.8 Å². The molecule has 0 radical (unpaired) electrons. The first-order valence-corrected chi connectivity index (χ1v) is 8.26. The van der Waals surface area contributed by atoms with Crippen molar-refractivity contribution in [3.8, 4) is 6.07 Å². The molecule has 1 aliphatic carbocycles. The first-order chi connectivity index (χ1) is 9.74. The summed E-state index contributed by atoms with van der Waals surface area (Å²) in [7, 11) is 0. The summed E-state index contributed by atoms with van der Waals surface area (Å²) in [5.41, 5.74) is -0.323. The average Bonchev–Trinajstić information content (AvgIpc) is 2.95. The minimum absolute atomic E-state index is 0.323. The van der Waals surface area contributed by atoms with Gasteiger partial charge in [-0.05, 0) is 51.6 Å². The van der Waals surface area contributed by atoms with Crippen molar-refractivity contribution in [1.29, 1.82) is 5.26 Å². The van der Waals surface area contributed by atoms with Crippen LogP contribution in [0.4, 0.5) is 0 Å². The van der Waals surface area contributed by atoms with Gasteiger partial charge in [-0.2, -0.15) is 5.26 Å². The number of morpholine rings is 1. The number of nitriles is 1. The lowest BCUT2D eigenvalue weighted by molar-refractivity contribution is -0.0561. The highest BCUT2D eigenvalue weighted by atomic mass is 16.5. The molecule has 1 aliphatic heterocycles. The lowest BCUT2D eigenvalue weighted by Crippen LogP contribution is -2.49. The van der Waals surface area contributed by atoms with Crippen molar-refractivity contribution in [2.75, 3.05) is 26.2 Å². The molecule has 2 rings (SSSR count). The van der Waals surface area contributed by atoms with Crippen LogP contribution in [-0.2, 0) is 4.74 Å². The predicted molar refractivity (Wildman–Crippen MR) is 80.5 cm³/mol. The second kappa shape index (κ2) is 7.40. The van der Waals surface area contributed by atoms with Crippen molar-refractivity contribution in [3.05, 3.63) is 0 Å². The van der Waals surface area contributed by atoms with Gasteiger partial charge < -0.3 is 4.74 Å². The summed E-state index contributed by atoms with van der Waals surface area (Å²) in [5.74, 6) is 0. The molecule has 0 bridgehead atoms. The maximum atomic E-state index is 9.45. The normalized spacial score (nSPS) is 29.6. The van der Waals surface area contributed by atoms with Crippen LogP contribution in [0.15, 0.2) is 0 Å². The molecular formula is C16H29N3O. The zero-order valence-electron chi connectivity index (χ0n) is 13.0. The molecule has 3 unspecified atom stereocenters. The zero-order valence-corrected chi connectivity index (χ0v) is 13.0. The number of ether oxygens (including phenoxy) is 1. The molecule has 4 heteroatoms. The summed E-state index contributed by atoms with van der Waals surface area (Å²) >= 11 is 0. The first kappa shape index (κ1) is 15.8. The topological polar surface area (TPSA) is 48.3 Å². The third kappa shape index (κ3) is 3.52. The third-order valence-corrected chi connectivity index (χ3v) is 4.98. The van der Waals surface area contributed by atoms with Gasteiger partial charge in [0.15, 0.2) is 0 Å². The molecular weight excluding hydrogens is 250 g/mol. The second-order valence-corrected chi connectivity index (χ2v) is 6.12. The van der Waals surface area contributed by atoms with E-state index >= 15 is 0 Å². The Kier molecular flexibility index (Phi) is 5.83. The van der Waals surface area contributed by atoms with Gasteiger partial charge in [-0.1, -0.05) is 13.8 Å². The molecule has 4 nitrogen and oxygen atoms in total. The highest BCUT2D eigenvalue weighted by Crippen LogP contribution is 2.30. The van der Waals surface area contributed by atoms with Gasteiger partial charge in [-0.15, -0.1) is 0 Å². The van der Waals surface area contributed by atoms with Crippen molar-refractivity contribution < 1.29 is 4.74 Å². The van der Waals surface area contributed by atoms with Crippen LogP contribution in [-0.4, -0.2) is 48.8 Å². The van der Waals surface area contributed by atoms with Crippen molar-refractivity contribution in [2.45, 2.75) is 70.1 Å². The van der Waals surface area contributed by atoms with Gasteiger partial charge in [-0.25, -0.2) is 0 Å². The molecule has 1 heterocycles. The van der Waals surface area contributed by atoms with E-state index in [0.29, 0.717) is 12.1 Å². The van der Waals surface area contributed by atoms with Crippen LogP contribution >= 0.6 is 0 Å². The highest BCUT2D eigenvalue weighted by Gasteiger charge is 2.36. The molecule has 0 aromatic heterocycles. The summed E-state index contributed by atoms with van der Waals surface area (Å²) in [4.78, 5) is 2.60. The van der Waals surface area contributed by atoms with Crippen LogP contribution in [0.1, 0.15) is 52.4 Å². The zero-order chi connectivity index (χ0) is 14.4. The minimum Gasteiger partial charge on any atom is -0.375 e. The Morgan fingerprint density at radius 1 is 1.40 bits per heavy atom. The number of hydrogen-bond acceptors (Lipinski definition) is 4. The maximum absolute atomic E-state index is 9.45. The second-order valence-electron chi connectivity index (χ2n) is 6.12. The number of nitrogens with one attached hydrogen (secondary N) is 1. The fourth-order valence-electron chi connectivity index (χ4n) is 3.77. The Morgan fingerprint density at radius 3 is 2.95 bits per heavy atom. The fourth-order valence-corrected chi connectivity index (χ4v) is 3.77. The third-order valence-electron chi connectivity index (χ3n) is 4.98. The van der Waals surface area contributed by atoms with E-state index in [1.807, 2.05) is 0 Å². The van der Waals surface area contributed by atoms with Crippen molar-refractivity contribution in [3.63, 3.8) is 0 Å².